The van der Waals surface area contributed by atoms with Crippen molar-refractivity contribution in [3.8, 4) is 33.4 Å². The van der Waals surface area contributed by atoms with Crippen molar-refractivity contribution in [1.29, 1.82) is 0 Å². The summed E-state index contributed by atoms with van der Waals surface area (Å²) < 4.78 is 6.93. The Hall–Kier alpha value is -7.94. The number of hydrogen-bond acceptors (Lipinski definition) is 2. The molecule has 0 N–H and O–H groups in total. The van der Waals surface area contributed by atoms with Gasteiger partial charge in [0.15, 0.2) is 0 Å². The lowest BCUT2D eigenvalue weighted by Gasteiger charge is -2.34. The number of fused-ring (bicyclic) bond motifs is 8. The number of furan rings is 1. The van der Waals surface area contributed by atoms with Crippen LogP contribution in [0, 0.1) is 0 Å². The number of para-hydroxylation sites is 1. The summed E-state index contributed by atoms with van der Waals surface area (Å²) in [5, 5.41) is 4.42. The molecule has 0 atom stereocenters. The highest BCUT2D eigenvalue weighted by atomic mass is 16.3. The Kier molecular flexibility index (Phi) is 8.11. The van der Waals surface area contributed by atoms with Gasteiger partial charge in [0.2, 0.25) is 0 Å². The molecule has 0 fully saturated rings. The van der Waals surface area contributed by atoms with E-state index in [4.69, 9.17) is 4.42 Å². The Bertz CT molecular complexity index is 3350. The monoisotopic (exact) mass is 777 g/mol. The van der Waals surface area contributed by atoms with Gasteiger partial charge in [0.05, 0.1) is 16.5 Å². The lowest BCUT2D eigenvalue weighted by atomic mass is 9.67. The van der Waals surface area contributed by atoms with Crippen molar-refractivity contribution in [3.63, 3.8) is 0 Å². The summed E-state index contributed by atoms with van der Waals surface area (Å²) in [4.78, 5) is 2.36. The van der Waals surface area contributed by atoms with Crippen LogP contribution in [-0.4, -0.2) is 0 Å². The molecule has 0 aliphatic heterocycles. The van der Waals surface area contributed by atoms with Crippen molar-refractivity contribution in [1.82, 2.24) is 0 Å². The predicted octanol–water partition coefficient (Wildman–Crippen LogP) is 15.9. The third-order valence-electron chi connectivity index (χ3n) is 12.7. The molecule has 1 aromatic heterocycles. The van der Waals surface area contributed by atoms with E-state index in [0.717, 1.165) is 49.8 Å². The lowest BCUT2D eigenvalue weighted by molar-refractivity contribution is 0.672. The fourth-order valence-electron chi connectivity index (χ4n) is 10.1. The van der Waals surface area contributed by atoms with Crippen LogP contribution in [0.15, 0.2) is 241 Å². The van der Waals surface area contributed by atoms with Gasteiger partial charge in [0, 0.05) is 22.1 Å². The van der Waals surface area contributed by atoms with Crippen molar-refractivity contribution >= 4 is 49.8 Å². The highest BCUT2D eigenvalue weighted by Gasteiger charge is 2.46. The van der Waals surface area contributed by atoms with E-state index in [1.54, 1.807) is 0 Å². The molecule has 0 spiro atoms. The maximum atomic E-state index is 6.93. The van der Waals surface area contributed by atoms with Crippen molar-refractivity contribution < 1.29 is 4.42 Å². The first kappa shape index (κ1) is 35.0. The number of anilines is 3. The molecule has 0 saturated heterocycles. The van der Waals surface area contributed by atoms with Crippen LogP contribution in [0.1, 0.15) is 22.3 Å². The molecule has 11 aromatic rings. The molecule has 0 bridgehead atoms. The smallest absolute Gasteiger partial charge is 0.143 e. The van der Waals surface area contributed by atoms with Gasteiger partial charge in [-0.3, -0.25) is 0 Å². The molecule has 0 unspecified atom stereocenters. The van der Waals surface area contributed by atoms with E-state index in [9.17, 15) is 0 Å². The molecule has 2 nitrogen and oxygen atoms in total. The maximum Gasteiger partial charge on any atom is 0.143 e. The second kappa shape index (κ2) is 14.1. The summed E-state index contributed by atoms with van der Waals surface area (Å²) in [6.07, 6.45) is 0. The second-order valence-electron chi connectivity index (χ2n) is 16.0. The third kappa shape index (κ3) is 5.43. The van der Waals surface area contributed by atoms with Gasteiger partial charge in [0.1, 0.15) is 11.2 Å². The summed E-state index contributed by atoms with van der Waals surface area (Å²) >= 11 is 0. The average Bonchev–Trinajstić information content (AvgIpc) is 3.87. The highest BCUT2D eigenvalue weighted by molar-refractivity contribution is 6.22. The summed E-state index contributed by atoms with van der Waals surface area (Å²) in [6.45, 7) is 0. The summed E-state index contributed by atoms with van der Waals surface area (Å²) in [6, 6.07) is 85.8. The first-order chi connectivity index (χ1) is 30.3. The number of benzene rings is 10. The van der Waals surface area contributed by atoms with Crippen LogP contribution >= 0.6 is 0 Å². The van der Waals surface area contributed by atoms with Gasteiger partial charge in [0.25, 0.3) is 0 Å². The SMILES string of the molecule is c1ccc(-c2ccc(N(c3ccccc3)c3cccc4oc5c6ccccc6c(-c6ccc7c(c6)C(c6ccccc6)(c6ccccc6)c6ccccc6-7)cc5c34)cc2)cc1. The van der Waals surface area contributed by atoms with E-state index in [1.165, 1.54) is 55.6 Å². The minimum absolute atomic E-state index is 0.494. The highest BCUT2D eigenvalue weighted by Crippen LogP contribution is 2.57. The first-order valence-electron chi connectivity index (χ1n) is 21.0. The summed E-state index contributed by atoms with van der Waals surface area (Å²) in [5.41, 5.74) is 16.9. The number of nitrogens with zero attached hydrogens (tertiary/aromatic N) is 1. The van der Waals surface area contributed by atoms with Gasteiger partial charge in [-0.1, -0.05) is 188 Å². The van der Waals surface area contributed by atoms with Crippen LogP contribution < -0.4 is 4.90 Å². The zero-order chi connectivity index (χ0) is 40.3. The normalized spacial score (nSPS) is 12.7. The molecule has 2 heteroatoms. The Labute approximate surface area is 355 Å². The van der Waals surface area contributed by atoms with Crippen molar-refractivity contribution in [3.05, 3.63) is 259 Å². The summed E-state index contributed by atoms with van der Waals surface area (Å²) in [5.74, 6) is 0. The molecule has 0 radical (unpaired) electrons. The van der Waals surface area contributed by atoms with Gasteiger partial charge < -0.3 is 9.32 Å². The van der Waals surface area contributed by atoms with E-state index < -0.39 is 5.41 Å². The largest absolute Gasteiger partial charge is 0.455 e. The molecule has 10 aromatic carbocycles. The van der Waals surface area contributed by atoms with E-state index in [2.05, 4.69) is 241 Å². The van der Waals surface area contributed by atoms with Crippen molar-refractivity contribution in [2.75, 3.05) is 4.90 Å². The second-order valence-corrected chi connectivity index (χ2v) is 16.0. The number of rotatable bonds is 7. The summed E-state index contributed by atoms with van der Waals surface area (Å²) in [7, 11) is 0. The van der Waals surface area contributed by atoms with Crippen LogP contribution in [0.2, 0.25) is 0 Å². The van der Waals surface area contributed by atoms with E-state index >= 15 is 0 Å². The fourth-order valence-corrected chi connectivity index (χ4v) is 10.1. The Balaban J connectivity index is 1.11. The lowest BCUT2D eigenvalue weighted by Crippen LogP contribution is -2.28. The predicted molar refractivity (Wildman–Crippen MR) is 254 cm³/mol. The third-order valence-corrected chi connectivity index (χ3v) is 12.7. The Morgan fingerprint density at radius 2 is 0.902 bits per heavy atom. The molecule has 1 heterocycles. The Morgan fingerprint density at radius 3 is 1.62 bits per heavy atom. The van der Waals surface area contributed by atoms with E-state index in [0.29, 0.717) is 0 Å². The molecule has 0 amide bonds. The molecular weight excluding hydrogens is 739 g/mol. The van der Waals surface area contributed by atoms with Crippen LogP contribution in [0.25, 0.3) is 66.1 Å². The Morgan fingerprint density at radius 1 is 0.344 bits per heavy atom. The molecule has 12 rings (SSSR count). The maximum absolute atomic E-state index is 6.93. The van der Waals surface area contributed by atoms with Crippen LogP contribution in [-0.2, 0) is 5.41 Å². The molecule has 1 aliphatic carbocycles. The first-order valence-corrected chi connectivity index (χ1v) is 21.0. The molecule has 0 saturated carbocycles. The minimum atomic E-state index is -0.494. The average molecular weight is 778 g/mol. The zero-order valence-corrected chi connectivity index (χ0v) is 33.4. The van der Waals surface area contributed by atoms with Crippen molar-refractivity contribution in [2.45, 2.75) is 5.41 Å². The number of hydrogen-bond donors (Lipinski definition) is 0. The van der Waals surface area contributed by atoms with Crippen molar-refractivity contribution in [2.24, 2.45) is 0 Å². The standard InChI is InChI=1S/C59H39NO/c1-5-18-40(19-6-1)41-32-35-46(36-33-41)60(45-24-11-4-12-25-45)55-30-17-31-56-57(55)52-39-51(47-26-13-14-28-50(47)58(52)61-56)42-34-37-49-48-27-15-16-29-53(48)59(54(49)38-42,43-20-7-2-8-21-43)44-22-9-3-10-23-44/h1-39H. The fraction of sp³-hybridized carbons (Fsp3) is 0.0169. The molecule has 286 valence electrons. The van der Waals surface area contributed by atoms with Gasteiger partial charge in [-0.2, -0.15) is 0 Å². The van der Waals surface area contributed by atoms with Gasteiger partial charge in [-0.25, -0.2) is 0 Å². The quantitative estimate of drug-likeness (QED) is 0.160. The minimum Gasteiger partial charge on any atom is -0.455 e. The molecular formula is C59H39NO. The van der Waals surface area contributed by atoms with E-state index in [1.807, 2.05) is 0 Å². The van der Waals surface area contributed by atoms with E-state index in [-0.39, 0.29) is 0 Å². The molecule has 1 aliphatic rings. The molecule has 61 heavy (non-hydrogen) atoms. The van der Waals surface area contributed by atoms with Gasteiger partial charge in [-0.15, -0.1) is 0 Å². The van der Waals surface area contributed by atoms with Crippen LogP contribution in [0.3, 0.4) is 0 Å². The zero-order valence-electron chi connectivity index (χ0n) is 33.4. The van der Waals surface area contributed by atoms with Gasteiger partial charge >= 0.3 is 0 Å². The van der Waals surface area contributed by atoms with Crippen LogP contribution in [0.4, 0.5) is 17.1 Å². The topological polar surface area (TPSA) is 16.4 Å². The van der Waals surface area contributed by atoms with Gasteiger partial charge in [-0.05, 0) is 110 Å². The van der Waals surface area contributed by atoms with Crippen LogP contribution in [0.5, 0.6) is 0 Å².